The third-order valence-electron chi connectivity index (χ3n) is 2.24. The fourth-order valence-electron chi connectivity index (χ4n) is 1.46. The third-order valence-corrected chi connectivity index (χ3v) is 3.36. The Balaban J connectivity index is 2.28. The van der Waals surface area contributed by atoms with Crippen LogP contribution in [0.5, 0.6) is 11.5 Å². The summed E-state index contributed by atoms with van der Waals surface area (Å²) in [7, 11) is 0. The van der Waals surface area contributed by atoms with Crippen molar-refractivity contribution in [2.45, 2.75) is 0 Å². The number of rotatable bonds is 3. The van der Waals surface area contributed by atoms with Crippen molar-refractivity contribution in [3.05, 3.63) is 56.7 Å². The Labute approximate surface area is 125 Å². The van der Waals surface area contributed by atoms with Crippen LogP contribution in [0.25, 0.3) is 0 Å². The highest BCUT2D eigenvalue weighted by molar-refractivity contribution is 9.10. The van der Waals surface area contributed by atoms with Gasteiger partial charge in [0, 0.05) is 15.0 Å². The number of carbonyl (C=O) groups is 1. The summed E-state index contributed by atoms with van der Waals surface area (Å²) in [5, 5.41) is 8.89. The summed E-state index contributed by atoms with van der Waals surface area (Å²) in [5.74, 6) is -0.728. The molecule has 0 saturated carbocycles. The highest BCUT2D eigenvalue weighted by atomic mass is 79.9. The fourth-order valence-corrected chi connectivity index (χ4v) is 2.43. The van der Waals surface area contributed by atoms with Crippen molar-refractivity contribution in [1.82, 2.24) is 0 Å². The Kier molecular flexibility index (Phi) is 4.21. The average Bonchev–Trinajstić information content (AvgIpc) is 2.26. The minimum Gasteiger partial charge on any atom is -0.478 e. The number of benzene rings is 2. The Bertz CT molecular complexity index is 624. The summed E-state index contributed by atoms with van der Waals surface area (Å²) in [6.45, 7) is 0. The van der Waals surface area contributed by atoms with Crippen LogP contribution >= 0.6 is 31.9 Å². The van der Waals surface area contributed by atoms with Crippen molar-refractivity contribution in [2.24, 2.45) is 0 Å². The summed E-state index contributed by atoms with van der Waals surface area (Å²) in [6.07, 6.45) is 0. The maximum atomic E-state index is 13.2. The van der Waals surface area contributed by atoms with E-state index >= 15 is 0 Å². The van der Waals surface area contributed by atoms with Crippen LogP contribution in [0.15, 0.2) is 45.3 Å². The van der Waals surface area contributed by atoms with E-state index in [1.807, 2.05) is 0 Å². The van der Waals surface area contributed by atoms with Gasteiger partial charge < -0.3 is 9.84 Å². The minimum atomic E-state index is -1.04. The normalized spacial score (nSPS) is 10.3. The van der Waals surface area contributed by atoms with Crippen molar-refractivity contribution in [3.8, 4) is 11.5 Å². The highest BCUT2D eigenvalue weighted by Crippen LogP contribution is 2.29. The van der Waals surface area contributed by atoms with Gasteiger partial charge in [-0.2, -0.15) is 0 Å². The van der Waals surface area contributed by atoms with Crippen molar-refractivity contribution in [3.63, 3.8) is 0 Å². The summed E-state index contributed by atoms with van der Waals surface area (Å²) in [6, 6.07) is 8.60. The van der Waals surface area contributed by atoms with Gasteiger partial charge in [0.2, 0.25) is 0 Å². The van der Waals surface area contributed by atoms with Crippen molar-refractivity contribution in [1.29, 1.82) is 0 Å². The molecule has 0 aliphatic carbocycles. The molecule has 0 radical (unpaired) electrons. The minimum absolute atomic E-state index is 0.132. The first kappa shape index (κ1) is 14.0. The lowest BCUT2D eigenvalue weighted by atomic mass is 10.2. The maximum Gasteiger partial charge on any atom is 0.336 e. The molecular formula is C13H7Br2FO3. The van der Waals surface area contributed by atoms with Crippen LogP contribution in [0.4, 0.5) is 4.39 Å². The molecule has 1 N–H and O–H groups in total. The molecule has 0 heterocycles. The third kappa shape index (κ3) is 3.54. The van der Waals surface area contributed by atoms with E-state index in [1.54, 1.807) is 6.07 Å². The lowest BCUT2D eigenvalue weighted by Gasteiger charge is -2.08. The quantitative estimate of drug-likeness (QED) is 0.816. The molecule has 0 amide bonds. The van der Waals surface area contributed by atoms with E-state index in [0.717, 1.165) is 0 Å². The zero-order valence-corrected chi connectivity index (χ0v) is 12.5. The van der Waals surface area contributed by atoms with Gasteiger partial charge in [0.1, 0.15) is 17.3 Å². The molecule has 0 aliphatic rings. The number of aromatic carboxylic acids is 1. The molecule has 6 heteroatoms. The second-order valence-corrected chi connectivity index (χ2v) is 5.42. The smallest absolute Gasteiger partial charge is 0.336 e. The van der Waals surface area contributed by atoms with Crippen LogP contribution in [0.1, 0.15) is 10.4 Å². The average molecular weight is 390 g/mol. The summed E-state index contributed by atoms with van der Waals surface area (Å²) in [5.41, 5.74) is 0.132. The van der Waals surface area contributed by atoms with E-state index < -0.39 is 11.8 Å². The van der Waals surface area contributed by atoms with Gasteiger partial charge in [0.05, 0.1) is 5.56 Å². The largest absolute Gasteiger partial charge is 0.478 e. The SMILES string of the molecule is O=C(O)c1ccc(Oc2cc(F)cc(Br)c2)cc1Br. The molecule has 2 aromatic carbocycles. The molecular weight excluding hydrogens is 383 g/mol. The lowest BCUT2D eigenvalue weighted by Crippen LogP contribution is -1.97. The van der Waals surface area contributed by atoms with Crippen LogP contribution in [0, 0.1) is 5.82 Å². The fraction of sp³-hybridized carbons (Fsp3) is 0. The molecule has 0 saturated heterocycles. The van der Waals surface area contributed by atoms with E-state index in [1.165, 1.54) is 30.3 Å². The number of ether oxygens (including phenoxy) is 1. The van der Waals surface area contributed by atoms with E-state index in [2.05, 4.69) is 31.9 Å². The molecule has 2 rings (SSSR count). The van der Waals surface area contributed by atoms with E-state index in [9.17, 15) is 9.18 Å². The van der Waals surface area contributed by atoms with Gasteiger partial charge in [-0.1, -0.05) is 15.9 Å². The molecule has 0 bridgehead atoms. The lowest BCUT2D eigenvalue weighted by molar-refractivity contribution is 0.0696. The Morgan fingerprint density at radius 2 is 1.84 bits per heavy atom. The Hall–Kier alpha value is -1.40. The van der Waals surface area contributed by atoms with Crippen LogP contribution < -0.4 is 4.74 Å². The predicted molar refractivity (Wildman–Crippen MR) is 75.3 cm³/mol. The van der Waals surface area contributed by atoms with Crippen molar-refractivity contribution >= 4 is 37.8 Å². The monoisotopic (exact) mass is 388 g/mol. The molecule has 0 spiro atoms. The summed E-state index contributed by atoms with van der Waals surface area (Å²) in [4.78, 5) is 10.9. The molecule has 19 heavy (non-hydrogen) atoms. The maximum absolute atomic E-state index is 13.2. The van der Waals surface area contributed by atoms with Crippen LogP contribution in [-0.4, -0.2) is 11.1 Å². The zero-order valence-electron chi connectivity index (χ0n) is 9.36. The summed E-state index contributed by atoms with van der Waals surface area (Å²) >= 11 is 6.31. The number of carboxylic acid groups (broad SMARTS) is 1. The Morgan fingerprint density at radius 1 is 1.11 bits per heavy atom. The molecule has 98 valence electrons. The second kappa shape index (κ2) is 5.71. The standard InChI is InChI=1S/C13H7Br2FO3/c14-7-3-8(16)5-10(4-7)19-9-1-2-11(13(17)18)12(15)6-9/h1-6H,(H,17,18). The van der Waals surface area contributed by atoms with Gasteiger partial charge in [-0.05, 0) is 46.3 Å². The highest BCUT2D eigenvalue weighted by Gasteiger charge is 2.09. The van der Waals surface area contributed by atoms with E-state index in [-0.39, 0.29) is 5.56 Å². The molecule has 0 aliphatic heterocycles. The van der Waals surface area contributed by atoms with Crippen LogP contribution in [0.3, 0.4) is 0 Å². The molecule has 2 aromatic rings. The number of hydrogen-bond donors (Lipinski definition) is 1. The number of halogens is 3. The summed E-state index contributed by atoms with van der Waals surface area (Å²) < 4.78 is 19.6. The van der Waals surface area contributed by atoms with Gasteiger partial charge >= 0.3 is 5.97 Å². The Morgan fingerprint density at radius 3 is 2.42 bits per heavy atom. The van der Waals surface area contributed by atoms with E-state index in [4.69, 9.17) is 9.84 Å². The van der Waals surface area contributed by atoms with Gasteiger partial charge in [-0.25, -0.2) is 9.18 Å². The van der Waals surface area contributed by atoms with Crippen molar-refractivity contribution in [2.75, 3.05) is 0 Å². The van der Waals surface area contributed by atoms with Gasteiger partial charge in [-0.15, -0.1) is 0 Å². The van der Waals surface area contributed by atoms with E-state index in [0.29, 0.717) is 20.4 Å². The zero-order chi connectivity index (χ0) is 14.0. The molecule has 3 nitrogen and oxygen atoms in total. The first-order valence-corrected chi connectivity index (χ1v) is 6.71. The van der Waals surface area contributed by atoms with Gasteiger partial charge in [0.15, 0.2) is 0 Å². The predicted octanol–water partition coefficient (Wildman–Crippen LogP) is 4.84. The number of hydrogen-bond acceptors (Lipinski definition) is 2. The second-order valence-electron chi connectivity index (χ2n) is 3.65. The van der Waals surface area contributed by atoms with Gasteiger partial charge in [-0.3, -0.25) is 0 Å². The van der Waals surface area contributed by atoms with Crippen LogP contribution in [-0.2, 0) is 0 Å². The van der Waals surface area contributed by atoms with Crippen LogP contribution in [0.2, 0.25) is 0 Å². The molecule has 0 fully saturated rings. The molecule has 0 unspecified atom stereocenters. The molecule has 0 aromatic heterocycles. The van der Waals surface area contributed by atoms with Gasteiger partial charge in [0.25, 0.3) is 0 Å². The first-order valence-electron chi connectivity index (χ1n) is 5.12. The topological polar surface area (TPSA) is 46.5 Å². The molecule has 0 atom stereocenters. The first-order chi connectivity index (χ1) is 8.95. The van der Waals surface area contributed by atoms with Crippen molar-refractivity contribution < 1.29 is 19.0 Å². The number of carboxylic acids is 1.